The zero-order valence-electron chi connectivity index (χ0n) is 62.7. The second kappa shape index (κ2) is 32.1. The predicted octanol–water partition coefficient (Wildman–Crippen LogP) is 28.6. The molecule has 0 aromatic heterocycles. The van der Waals surface area contributed by atoms with Gasteiger partial charge in [-0.2, -0.15) is 0 Å². The molecular weight excluding hydrogens is 1370 g/mol. The Labute approximate surface area is 654 Å². The first-order chi connectivity index (χ1) is 55.4. The molecule has 0 spiro atoms. The van der Waals surface area contributed by atoms with Gasteiger partial charge in [0.25, 0.3) is 0 Å². The highest BCUT2D eigenvalue weighted by Gasteiger charge is 2.26. The summed E-state index contributed by atoms with van der Waals surface area (Å²) in [4.78, 5) is 9.31. The Balaban J connectivity index is 0.000000163. The molecule has 18 aromatic rings. The molecule has 540 valence electrons. The van der Waals surface area contributed by atoms with Crippen molar-refractivity contribution in [2.24, 2.45) is 0 Å². The summed E-state index contributed by atoms with van der Waals surface area (Å²) in [5.41, 5.74) is 21.9. The summed E-state index contributed by atoms with van der Waals surface area (Å²) in [6.45, 7) is 0. The molecule has 0 aliphatic carbocycles. The van der Waals surface area contributed by atoms with Crippen LogP contribution in [-0.4, -0.2) is 28.4 Å². The first-order valence-corrected chi connectivity index (χ1v) is 37.7. The summed E-state index contributed by atoms with van der Waals surface area (Å²) < 4.78 is 23.0. The molecule has 18 rings (SSSR count). The summed E-state index contributed by atoms with van der Waals surface area (Å²) in [6, 6.07) is 146. The molecule has 0 N–H and O–H groups in total. The van der Waals surface area contributed by atoms with Crippen LogP contribution < -0.4 is 38.5 Å². The van der Waals surface area contributed by atoms with Gasteiger partial charge in [0, 0.05) is 67.9 Å². The fourth-order valence-electron chi connectivity index (χ4n) is 15.8. The molecule has 0 saturated heterocycles. The molecule has 0 aliphatic heterocycles. The van der Waals surface area contributed by atoms with Crippen molar-refractivity contribution in [1.29, 1.82) is 0 Å². The van der Waals surface area contributed by atoms with Gasteiger partial charge in [-0.15, -0.1) is 0 Å². The molecular formula is C104H80N4O4. The van der Waals surface area contributed by atoms with Crippen molar-refractivity contribution >= 4 is 111 Å². The smallest absolute Gasteiger partial charge is 0.119 e. The number of hydrogen-bond acceptors (Lipinski definition) is 8. The van der Waals surface area contributed by atoms with E-state index in [1.54, 1.807) is 28.4 Å². The van der Waals surface area contributed by atoms with E-state index in [1.807, 2.05) is 24.3 Å². The highest BCUT2D eigenvalue weighted by atomic mass is 16.5. The van der Waals surface area contributed by atoms with Crippen LogP contribution in [-0.2, 0) is 0 Å². The number of para-hydroxylation sites is 6. The van der Waals surface area contributed by atoms with Gasteiger partial charge in [-0.05, 0) is 270 Å². The lowest BCUT2D eigenvalue weighted by Gasteiger charge is -2.30. The highest BCUT2D eigenvalue weighted by molar-refractivity contribution is 6.26. The molecule has 0 heterocycles. The van der Waals surface area contributed by atoms with E-state index in [9.17, 15) is 0 Å². The van der Waals surface area contributed by atoms with Gasteiger partial charge in [0.1, 0.15) is 23.0 Å². The molecule has 0 amide bonds. The Morgan fingerprint density at radius 2 is 0.393 bits per heavy atom. The van der Waals surface area contributed by atoms with Crippen LogP contribution in [0, 0.1) is 0 Å². The minimum atomic E-state index is 0.811. The van der Waals surface area contributed by atoms with Gasteiger partial charge in [-0.3, -0.25) is 0 Å². The Morgan fingerprint density at radius 1 is 0.161 bits per heavy atom. The zero-order chi connectivity index (χ0) is 75.7. The molecule has 8 nitrogen and oxygen atoms in total. The highest BCUT2D eigenvalue weighted by Crippen LogP contribution is 2.53. The molecule has 0 radical (unpaired) electrons. The van der Waals surface area contributed by atoms with Crippen LogP contribution in [0.15, 0.2) is 413 Å². The lowest BCUT2D eigenvalue weighted by atomic mass is 9.85. The summed E-state index contributed by atoms with van der Waals surface area (Å²) in [5.74, 6) is 3.27. The predicted molar refractivity (Wildman–Crippen MR) is 470 cm³/mol. The molecule has 0 bridgehead atoms. The molecule has 0 atom stereocenters. The topological polar surface area (TPSA) is 49.9 Å². The van der Waals surface area contributed by atoms with Crippen LogP contribution in [0.1, 0.15) is 0 Å². The number of fused-ring (bicyclic) bond motifs is 4. The minimum Gasteiger partial charge on any atom is -0.497 e. The van der Waals surface area contributed by atoms with Crippen LogP contribution in [0.4, 0.5) is 68.2 Å². The number of ether oxygens (including phenoxy) is 4. The largest absolute Gasteiger partial charge is 0.497 e. The van der Waals surface area contributed by atoms with Gasteiger partial charge in [0.15, 0.2) is 0 Å². The zero-order valence-corrected chi connectivity index (χ0v) is 62.7. The second-order valence-electron chi connectivity index (χ2n) is 27.3. The number of methoxy groups -OCH3 is 4. The van der Waals surface area contributed by atoms with Crippen LogP contribution >= 0.6 is 0 Å². The first kappa shape index (κ1) is 70.4. The standard InChI is InChI=1S/2C52H40N2O2/c1-55-44-25-14-17-37(35-44)50-46-27-12-13-28-47(46)51(38-18-15-26-45(36-38)56-2)52-48(50)29-16-30-49(52)54(41-23-10-5-11-24-41)43-33-31-42(32-34-43)53(39-19-6-3-7-20-39)40-21-8-4-9-22-40;1-55-45-24-14-16-37(34-45)51-47-26-12-13-27-48(47)52(38-17-15-25-46(35-38)56-2)50-36-44(32-33-49(50)51)54(41-22-10-5-11-23-41)43-30-28-42(29-31-43)53(39-18-6-3-7-19-39)40-20-8-4-9-21-40/h2*3-36H,1-2H3. The fraction of sp³-hybridized carbons (Fsp3) is 0.0385. The van der Waals surface area contributed by atoms with Crippen molar-refractivity contribution in [1.82, 2.24) is 0 Å². The molecule has 0 saturated carbocycles. The maximum absolute atomic E-state index is 5.80. The van der Waals surface area contributed by atoms with Gasteiger partial charge in [0.05, 0.1) is 34.1 Å². The number of nitrogens with zero attached hydrogens (tertiary/aromatic N) is 4. The summed E-state index contributed by atoms with van der Waals surface area (Å²) in [7, 11) is 6.89. The Hall–Kier alpha value is -14.6. The lowest BCUT2D eigenvalue weighted by Crippen LogP contribution is -2.12. The van der Waals surface area contributed by atoms with Crippen molar-refractivity contribution in [2.45, 2.75) is 0 Å². The van der Waals surface area contributed by atoms with E-state index in [1.165, 1.54) is 21.7 Å². The fourth-order valence-corrected chi connectivity index (χ4v) is 15.8. The maximum Gasteiger partial charge on any atom is 0.119 e. The Kier molecular flexibility index (Phi) is 20.2. The Morgan fingerprint density at radius 3 is 0.732 bits per heavy atom. The lowest BCUT2D eigenvalue weighted by molar-refractivity contribution is 0.415. The van der Waals surface area contributed by atoms with Crippen molar-refractivity contribution < 1.29 is 18.9 Å². The monoisotopic (exact) mass is 1450 g/mol. The van der Waals surface area contributed by atoms with E-state index >= 15 is 0 Å². The quantitative estimate of drug-likeness (QED) is 0.0700. The average Bonchev–Trinajstić information content (AvgIpc) is 0.724. The van der Waals surface area contributed by atoms with E-state index in [0.717, 1.165) is 157 Å². The molecule has 0 unspecified atom stereocenters. The number of benzene rings is 18. The van der Waals surface area contributed by atoms with E-state index < -0.39 is 0 Å². The third kappa shape index (κ3) is 14.0. The summed E-state index contributed by atoms with van der Waals surface area (Å²) in [6.07, 6.45) is 0. The van der Waals surface area contributed by atoms with E-state index in [2.05, 4.69) is 408 Å². The van der Waals surface area contributed by atoms with Crippen LogP contribution in [0.5, 0.6) is 23.0 Å². The van der Waals surface area contributed by atoms with Crippen molar-refractivity contribution in [2.75, 3.05) is 48.0 Å². The first-order valence-electron chi connectivity index (χ1n) is 37.7. The van der Waals surface area contributed by atoms with Crippen LogP contribution in [0.2, 0.25) is 0 Å². The minimum absolute atomic E-state index is 0.811. The van der Waals surface area contributed by atoms with Gasteiger partial charge in [-0.25, -0.2) is 0 Å². The molecule has 0 aliphatic rings. The van der Waals surface area contributed by atoms with Crippen molar-refractivity contribution in [3.63, 3.8) is 0 Å². The summed E-state index contributed by atoms with van der Waals surface area (Å²) in [5, 5.41) is 9.25. The number of rotatable bonds is 20. The molecule has 112 heavy (non-hydrogen) atoms. The van der Waals surface area contributed by atoms with Gasteiger partial charge >= 0.3 is 0 Å². The van der Waals surface area contributed by atoms with Crippen molar-refractivity contribution in [3.8, 4) is 67.5 Å². The maximum atomic E-state index is 5.80. The van der Waals surface area contributed by atoms with E-state index in [0.29, 0.717) is 0 Å². The SMILES string of the molecule is COc1cccc(-c2c3ccccc3c(-c3cccc(OC)c3)c3c(N(c4ccccc4)c4ccc(N(c5ccccc5)c5ccccc5)cc4)cccc23)c1.COc1cccc(-c2c3ccccc3c(-c3cccc(OC)c3)c3cc(N(c4ccccc4)c4ccc(N(c5ccccc5)c5ccccc5)cc4)ccc23)c1. The molecule has 0 fully saturated rings. The van der Waals surface area contributed by atoms with E-state index in [4.69, 9.17) is 18.9 Å². The third-order valence-electron chi connectivity index (χ3n) is 20.8. The number of anilines is 12. The summed E-state index contributed by atoms with van der Waals surface area (Å²) >= 11 is 0. The average molecular weight is 1450 g/mol. The molecule has 8 heteroatoms. The number of hydrogen-bond donors (Lipinski definition) is 0. The van der Waals surface area contributed by atoms with E-state index in [-0.39, 0.29) is 0 Å². The third-order valence-corrected chi connectivity index (χ3v) is 20.8. The van der Waals surface area contributed by atoms with Gasteiger partial charge in [-0.1, -0.05) is 224 Å². The van der Waals surface area contributed by atoms with Gasteiger partial charge < -0.3 is 38.5 Å². The normalized spacial score (nSPS) is 11.0. The van der Waals surface area contributed by atoms with Gasteiger partial charge in [0.2, 0.25) is 0 Å². The Bertz CT molecular complexity index is 6160. The van der Waals surface area contributed by atoms with Crippen molar-refractivity contribution in [3.05, 3.63) is 413 Å². The second-order valence-corrected chi connectivity index (χ2v) is 27.3. The van der Waals surface area contributed by atoms with Crippen LogP contribution in [0.3, 0.4) is 0 Å². The van der Waals surface area contributed by atoms with Crippen LogP contribution in [0.25, 0.3) is 87.6 Å². The molecule has 18 aromatic carbocycles.